The van der Waals surface area contributed by atoms with Crippen molar-refractivity contribution in [3.8, 4) is 0 Å². The molecule has 2 aromatic rings. The molecule has 1 aromatic carbocycles. The van der Waals surface area contributed by atoms with Crippen molar-refractivity contribution in [1.82, 2.24) is 0 Å². The van der Waals surface area contributed by atoms with Crippen LogP contribution in [0.25, 0.3) is 0 Å². The Labute approximate surface area is 207 Å². The maximum absolute atomic E-state index is 12.5. The molecule has 0 spiro atoms. The number of nitrogens with two attached hydrogens (primary N) is 1. The number of thiophene rings is 1. The van der Waals surface area contributed by atoms with Gasteiger partial charge in [-0.15, -0.1) is 11.3 Å². The summed E-state index contributed by atoms with van der Waals surface area (Å²) in [5.41, 5.74) is 7.74. The molecule has 7 nitrogen and oxygen atoms in total. The standard InChI is InChI=1S/C21H25ClN4O3S.HI/c1-26(15-7-10-29-11-8-15)9-6-16-17(12-26)30-20(18(16)19(23)27)25-21(28)24-14-4-2-13(22)3-5-14;/h2-5,15H,6-12H2,1H3,(H3-,23,24,25,27,28);1H. The first-order valence-corrected chi connectivity index (χ1v) is 11.2. The van der Waals surface area contributed by atoms with Gasteiger partial charge in [-0.3, -0.25) is 10.1 Å². The number of quaternary nitrogens is 1. The number of primary amides is 1. The van der Waals surface area contributed by atoms with Gasteiger partial charge in [0.2, 0.25) is 0 Å². The van der Waals surface area contributed by atoms with E-state index >= 15 is 0 Å². The summed E-state index contributed by atoms with van der Waals surface area (Å²) in [5, 5.41) is 6.69. The number of benzene rings is 1. The molecule has 0 radical (unpaired) electrons. The minimum absolute atomic E-state index is 0. The van der Waals surface area contributed by atoms with Crippen molar-refractivity contribution in [3.05, 3.63) is 45.3 Å². The first-order valence-electron chi connectivity index (χ1n) is 10.1. The summed E-state index contributed by atoms with van der Waals surface area (Å²) >= 11 is 7.34. The van der Waals surface area contributed by atoms with Crippen LogP contribution in [0.2, 0.25) is 5.02 Å². The highest BCUT2D eigenvalue weighted by molar-refractivity contribution is 7.17. The monoisotopic (exact) mass is 576 g/mol. The van der Waals surface area contributed by atoms with Crippen LogP contribution in [0.15, 0.2) is 24.3 Å². The predicted octanol–water partition coefficient (Wildman–Crippen LogP) is 0.830. The molecule has 1 atom stereocenters. The van der Waals surface area contributed by atoms with E-state index in [1.165, 1.54) is 11.3 Å². The van der Waals surface area contributed by atoms with E-state index in [2.05, 4.69) is 17.7 Å². The summed E-state index contributed by atoms with van der Waals surface area (Å²) in [6.07, 6.45) is 2.88. The summed E-state index contributed by atoms with van der Waals surface area (Å²) in [7, 11) is 2.28. The number of halogens is 2. The molecule has 1 saturated heterocycles. The van der Waals surface area contributed by atoms with Gasteiger partial charge in [-0.1, -0.05) is 11.6 Å². The number of anilines is 2. The van der Waals surface area contributed by atoms with Crippen molar-refractivity contribution < 1.29 is 42.8 Å². The van der Waals surface area contributed by atoms with Crippen molar-refractivity contribution in [1.29, 1.82) is 0 Å². The highest BCUT2D eigenvalue weighted by atomic mass is 127. The average molecular weight is 577 g/mol. The second-order valence-corrected chi connectivity index (χ2v) is 9.65. The molecule has 10 heteroatoms. The number of hydrogen-bond donors (Lipinski definition) is 3. The predicted molar refractivity (Wildman–Crippen MR) is 119 cm³/mol. The Kier molecular flexibility index (Phi) is 7.85. The van der Waals surface area contributed by atoms with Gasteiger partial charge in [-0.25, -0.2) is 4.79 Å². The lowest BCUT2D eigenvalue weighted by Gasteiger charge is -2.45. The van der Waals surface area contributed by atoms with Gasteiger partial charge in [0.1, 0.15) is 11.5 Å². The third kappa shape index (κ3) is 5.33. The Morgan fingerprint density at radius 2 is 1.87 bits per heavy atom. The molecular weight excluding hydrogens is 551 g/mol. The van der Waals surface area contributed by atoms with Gasteiger partial charge < -0.3 is 44.2 Å². The van der Waals surface area contributed by atoms with Crippen LogP contribution in [0.3, 0.4) is 0 Å². The molecule has 3 heterocycles. The fraction of sp³-hybridized carbons (Fsp3) is 0.429. The van der Waals surface area contributed by atoms with E-state index in [-0.39, 0.29) is 24.0 Å². The zero-order valence-corrected chi connectivity index (χ0v) is 21.0. The number of nitrogens with one attached hydrogen (secondary N) is 2. The fourth-order valence-corrected chi connectivity index (χ4v) is 5.97. The van der Waals surface area contributed by atoms with Gasteiger partial charge in [-0.2, -0.15) is 0 Å². The minimum Gasteiger partial charge on any atom is -1.00 e. The minimum atomic E-state index is -0.503. The Balaban J connectivity index is 0.00000272. The lowest BCUT2D eigenvalue weighted by atomic mass is 9.96. The lowest BCUT2D eigenvalue weighted by Crippen LogP contribution is -3.00. The molecule has 2 aliphatic heterocycles. The largest absolute Gasteiger partial charge is 1.00 e. The molecule has 1 fully saturated rings. The fourth-order valence-electron chi connectivity index (χ4n) is 4.45. The molecule has 1 unspecified atom stereocenters. The second kappa shape index (κ2) is 10.0. The highest BCUT2D eigenvalue weighted by Gasteiger charge is 2.40. The SMILES string of the molecule is C[N+]1(C2CCOCC2)CCc2c(sc(NC(=O)Nc3ccc(Cl)cc3)c2C(N)=O)C1.[I-]. The number of likely N-dealkylation sites (N-methyl/N-ethyl adjacent to an activating group) is 1. The first kappa shape index (κ1) is 24.2. The molecule has 2 aliphatic rings. The Hall–Kier alpha value is -1.40. The van der Waals surface area contributed by atoms with Crippen molar-refractivity contribution in [3.63, 3.8) is 0 Å². The van der Waals surface area contributed by atoms with Crippen molar-refractivity contribution in [2.24, 2.45) is 5.73 Å². The number of nitrogens with zero attached hydrogens (tertiary/aromatic N) is 1. The highest BCUT2D eigenvalue weighted by Crippen LogP contribution is 2.40. The zero-order valence-electron chi connectivity index (χ0n) is 17.2. The number of carbonyl (C=O) groups excluding carboxylic acids is 2. The topological polar surface area (TPSA) is 93.4 Å². The summed E-state index contributed by atoms with van der Waals surface area (Å²) in [6.45, 7) is 3.40. The molecule has 168 valence electrons. The van der Waals surface area contributed by atoms with Crippen LogP contribution in [0, 0.1) is 0 Å². The Morgan fingerprint density at radius 3 is 2.52 bits per heavy atom. The third-order valence-corrected chi connectivity index (χ3v) is 7.50. The van der Waals surface area contributed by atoms with Crippen molar-refractivity contribution >= 4 is 45.6 Å². The van der Waals surface area contributed by atoms with Crippen LogP contribution in [-0.4, -0.2) is 49.3 Å². The van der Waals surface area contributed by atoms with Crippen LogP contribution in [-0.2, 0) is 17.7 Å². The van der Waals surface area contributed by atoms with E-state index in [0.29, 0.717) is 27.3 Å². The van der Waals surface area contributed by atoms with Crippen LogP contribution >= 0.6 is 22.9 Å². The van der Waals surface area contributed by atoms with Crippen molar-refractivity contribution in [2.75, 3.05) is 37.4 Å². The normalized spacial score (nSPS) is 21.0. The van der Waals surface area contributed by atoms with Gasteiger partial charge in [0.25, 0.3) is 5.91 Å². The zero-order chi connectivity index (χ0) is 21.3. The van der Waals surface area contributed by atoms with E-state index in [9.17, 15) is 9.59 Å². The number of urea groups is 1. The van der Waals surface area contributed by atoms with Gasteiger partial charge >= 0.3 is 6.03 Å². The molecule has 1 aromatic heterocycles. The van der Waals surface area contributed by atoms with Gasteiger partial charge in [-0.05, 0) is 29.8 Å². The smallest absolute Gasteiger partial charge is 0.324 e. The molecule has 31 heavy (non-hydrogen) atoms. The number of rotatable bonds is 4. The van der Waals surface area contributed by atoms with E-state index in [1.54, 1.807) is 24.3 Å². The summed E-state index contributed by atoms with van der Waals surface area (Å²) < 4.78 is 6.46. The molecule has 0 aliphatic carbocycles. The van der Waals surface area contributed by atoms with Crippen LogP contribution in [0.5, 0.6) is 0 Å². The number of carbonyl (C=O) groups is 2. The van der Waals surface area contributed by atoms with Gasteiger partial charge in [0, 0.05) is 30.0 Å². The van der Waals surface area contributed by atoms with Crippen LogP contribution in [0.1, 0.15) is 33.6 Å². The third-order valence-electron chi connectivity index (χ3n) is 6.12. The van der Waals surface area contributed by atoms with Crippen molar-refractivity contribution in [2.45, 2.75) is 31.8 Å². The Bertz CT molecular complexity index is 962. The van der Waals surface area contributed by atoms with E-state index in [1.807, 2.05) is 0 Å². The summed E-state index contributed by atoms with van der Waals surface area (Å²) in [5.74, 6) is -0.503. The lowest BCUT2D eigenvalue weighted by molar-refractivity contribution is -0.949. The first-order chi connectivity index (χ1) is 14.4. The van der Waals surface area contributed by atoms with E-state index in [4.69, 9.17) is 22.1 Å². The number of fused-ring (bicyclic) bond motifs is 1. The number of ether oxygens (including phenoxy) is 1. The van der Waals surface area contributed by atoms with Crippen LogP contribution < -0.4 is 40.3 Å². The molecule has 4 rings (SSSR count). The average Bonchev–Trinajstić information content (AvgIpc) is 3.07. The Morgan fingerprint density at radius 1 is 1.19 bits per heavy atom. The second-order valence-electron chi connectivity index (χ2n) is 8.11. The van der Waals surface area contributed by atoms with Crippen LogP contribution in [0.4, 0.5) is 15.5 Å². The molecule has 4 N–H and O–H groups in total. The maximum Gasteiger partial charge on any atom is 0.324 e. The quantitative estimate of drug-likeness (QED) is 0.372. The maximum atomic E-state index is 12.5. The molecular formula is C21H26ClIN4O3S. The van der Waals surface area contributed by atoms with Gasteiger partial charge in [0.05, 0.1) is 43.3 Å². The number of amides is 3. The van der Waals surface area contributed by atoms with E-state index < -0.39 is 11.9 Å². The van der Waals surface area contributed by atoms with E-state index in [0.717, 1.165) is 60.5 Å². The number of hydrogen-bond acceptors (Lipinski definition) is 4. The molecule has 0 bridgehead atoms. The van der Waals surface area contributed by atoms with Gasteiger partial charge in [0.15, 0.2) is 0 Å². The summed E-state index contributed by atoms with van der Waals surface area (Å²) in [4.78, 5) is 25.9. The molecule has 3 amide bonds. The molecule has 0 saturated carbocycles. The summed E-state index contributed by atoms with van der Waals surface area (Å²) in [6, 6.07) is 6.96.